The van der Waals surface area contributed by atoms with Crippen molar-refractivity contribution in [2.75, 3.05) is 6.54 Å². The van der Waals surface area contributed by atoms with Gasteiger partial charge in [-0.15, -0.1) is 0 Å². The molecule has 1 unspecified atom stereocenters. The molecule has 0 bridgehead atoms. The Balaban J connectivity index is 2.48. The van der Waals surface area contributed by atoms with Crippen LogP contribution in [-0.4, -0.2) is 16.3 Å². The molecule has 0 spiro atoms. The first-order chi connectivity index (χ1) is 7.19. The highest BCUT2D eigenvalue weighted by atomic mass is 15.3. The molecule has 1 aliphatic carbocycles. The van der Waals surface area contributed by atoms with Crippen LogP contribution in [0.5, 0.6) is 0 Å². The Morgan fingerprint density at radius 1 is 1.53 bits per heavy atom. The third-order valence-electron chi connectivity index (χ3n) is 3.37. The highest BCUT2D eigenvalue weighted by molar-refractivity contribution is 5.35. The molecular weight excluding hydrogens is 186 g/mol. The molecule has 1 aromatic heterocycles. The normalized spacial score (nSPS) is 19.9. The molecule has 0 radical (unpaired) electrons. The second-order valence-electron chi connectivity index (χ2n) is 4.67. The second-order valence-corrected chi connectivity index (χ2v) is 4.67. The smallest absolute Gasteiger partial charge is 0.0660 e. The summed E-state index contributed by atoms with van der Waals surface area (Å²) in [4.78, 5) is 0. The first kappa shape index (κ1) is 10.7. The molecule has 2 N–H and O–H groups in total. The third-order valence-corrected chi connectivity index (χ3v) is 3.37. The summed E-state index contributed by atoms with van der Waals surface area (Å²) in [5, 5.41) is 4.71. The predicted molar refractivity (Wildman–Crippen MR) is 62.1 cm³/mol. The SMILES string of the molecule is CCc1nn(C(C)C)c2c1C(CN)CC2. The number of hydrogen-bond acceptors (Lipinski definition) is 2. The standard InChI is InChI=1S/C12H21N3/c1-4-10-12-9(7-13)5-6-11(12)15(14-10)8(2)3/h8-9H,4-7,13H2,1-3H3. The van der Waals surface area contributed by atoms with Crippen LogP contribution >= 0.6 is 0 Å². The number of hydrogen-bond donors (Lipinski definition) is 1. The second kappa shape index (κ2) is 3.97. The lowest BCUT2D eigenvalue weighted by atomic mass is 10.0. The minimum Gasteiger partial charge on any atom is -0.330 e. The highest BCUT2D eigenvalue weighted by Crippen LogP contribution is 2.36. The van der Waals surface area contributed by atoms with Crippen LogP contribution in [0.4, 0.5) is 0 Å². The van der Waals surface area contributed by atoms with E-state index in [1.807, 2.05) is 0 Å². The van der Waals surface area contributed by atoms with E-state index in [1.165, 1.54) is 23.4 Å². The summed E-state index contributed by atoms with van der Waals surface area (Å²) < 4.78 is 2.20. The predicted octanol–water partition coefficient (Wildman–Crippen LogP) is 2.01. The maximum atomic E-state index is 5.82. The zero-order valence-electron chi connectivity index (χ0n) is 9.95. The Kier molecular flexibility index (Phi) is 2.83. The molecule has 15 heavy (non-hydrogen) atoms. The maximum absolute atomic E-state index is 5.82. The molecule has 1 atom stereocenters. The lowest BCUT2D eigenvalue weighted by Gasteiger charge is -2.08. The number of nitrogens with zero attached hydrogens (tertiary/aromatic N) is 2. The van der Waals surface area contributed by atoms with Gasteiger partial charge < -0.3 is 5.73 Å². The van der Waals surface area contributed by atoms with Crippen LogP contribution in [0.1, 0.15) is 56.1 Å². The summed E-state index contributed by atoms with van der Waals surface area (Å²) in [7, 11) is 0. The van der Waals surface area contributed by atoms with Crippen LogP contribution in [0, 0.1) is 0 Å². The zero-order valence-corrected chi connectivity index (χ0v) is 9.95. The summed E-state index contributed by atoms with van der Waals surface area (Å²) in [6.07, 6.45) is 3.39. The van der Waals surface area contributed by atoms with E-state index >= 15 is 0 Å². The molecule has 0 saturated heterocycles. The van der Waals surface area contributed by atoms with Crippen molar-refractivity contribution in [2.24, 2.45) is 5.73 Å². The first-order valence-corrected chi connectivity index (χ1v) is 5.99. The molecule has 0 saturated carbocycles. The van der Waals surface area contributed by atoms with Gasteiger partial charge in [0.1, 0.15) is 0 Å². The third kappa shape index (κ3) is 1.59. The molecule has 0 aromatic carbocycles. The molecule has 1 heterocycles. The van der Waals surface area contributed by atoms with E-state index in [2.05, 4.69) is 25.5 Å². The Bertz CT molecular complexity index is 352. The molecule has 0 fully saturated rings. The van der Waals surface area contributed by atoms with Crippen molar-refractivity contribution in [3.8, 4) is 0 Å². The number of nitrogens with two attached hydrogens (primary N) is 1. The minimum absolute atomic E-state index is 0.468. The Morgan fingerprint density at radius 3 is 2.80 bits per heavy atom. The zero-order chi connectivity index (χ0) is 11.0. The van der Waals surface area contributed by atoms with Gasteiger partial charge in [0, 0.05) is 23.2 Å². The van der Waals surface area contributed by atoms with E-state index < -0.39 is 0 Å². The fourth-order valence-corrected chi connectivity index (χ4v) is 2.63. The molecule has 0 amide bonds. The van der Waals surface area contributed by atoms with Crippen molar-refractivity contribution in [3.63, 3.8) is 0 Å². The van der Waals surface area contributed by atoms with Crippen LogP contribution in [0.3, 0.4) is 0 Å². The number of aryl methyl sites for hydroxylation is 1. The fraction of sp³-hybridized carbons (Fsp3) is 0.750. The molecule has 0 aliphatic heterocycles. The van der Waals surface area contributed by atoms with E-state index in [0.29, 0.717) is 12.0 Å². The van der Waals surface area contributed by atoms with Crippen molar-refractivity contribution in [3.05, 3.63) is 17.0 Å². The largest absolute Gasteiger partial charge is 0.330 e. The Morgan fingerprint density at radius 2 is 2.27 bits per heavy atom. The maximum Gasteiger partial charge on any atom is 0.0660 e. The molecule has 1 aliphatic rings. The molecule has 1 aromatic rings. The Labute approximate surface area is 91.7 Å². The number of fused-ring (bicyclic) bond motifs is 1. The summed E-state index contributed by atoms with van der Waals surface area (Å²) in [5.41, 5.74) is 10.00. The molecular formula is C12H21N3. The van der Waals surface area contributed by atoms with Crippen molar-refractivity contribution < 1.29 is 0 Å². The molecule has 3 nitrogen and oxygen atoms in total. The summed E-state index contributed by atoms with van der Waals surface area (Å²) in [5.74, 6) is 0.558. The summed E-state index contributed by atoms with van der Waals surface area (Å²) in [6.45, 7) is 7.34. The van der Waals surface area contributed by atoms with Crippen LogP contribution < -0.4 is 5.73 Å². The average molecular weight is 207 g/mol. The minimum atomic E-state index is 0.468. The van der Waals surface area contributed by atoms with E-state index in [0.717, 1.165) is 19.4 Å². The van der Waals surface area contributed by atoms with Gasteiger partial charge in [-0.2, -0.15) is 5.10 Å². The van der Waals surface area contributed by atoms with Gasteiger partial charge in [0.05, 0.1) is 5.69 Å². The van der Waals surface area contributed by atoms with E-state index in [9.17, 15) is 0 Å². The van der Waals surface area contributed by atoms with Crippen molar-refractivity contribution in [1.29, 1.82) is 0 Å². The van der Waals surface area contributed by atoms with E-state index in [4.69, 9.17) is 10.8 Å². The van der Waals surface area contributed by atoms with Gasteiger partial charge in [-0.1, -0.05) is 6.92 Å². The number of rotatable bonds is 3. The lowest BCUT2D eigenvalue weighted by molar-refractivity contribution is 0.503. The first-order valence-electron chi connectivity index (χ1n) is 5.99. The fourth-order valence-electron chi connectivity index (χ4n) is 2.63. The van der Waals surface area contributed by atoms with Crippen molar-refractivity contribution in [2.45, 2.75) is 52.0 Å². The van der Waals surface area contributed by atoms with Gasteiger partial charge in [0.2, 0.25) is 0 Å². The van der Waals surface area contributed by atoms with Gasteiger partial charge in [-0.3, -0.25) is 4.68 Å². The molecule has 2 rings (SSSR count). The van der Waals surface area contributed by atoms with Gasteiger partial charge in [0.15, 0.2) is 0 Å². The van der Waals surface area contributed by atoms with Crippen LogP contribution in [0.15, 0.2) is 0 Å². The van der Waals surface area contributed by atoms with E-state index in [-0.39, 0.29) is 0 Å². The van der Waals surface area contributed by atoms with Crippen molar-refractivity contribution >= 4 is 0 Å². The summed E-state index contributed by atoms with van der Waals surface area (Å²) in [6, 6.07) is 0.468. The van der Waals surface area contributed by atoms with Crippen LogP contribution in [-0.2, 0) is 12.8 Å². The van der Waals surface area contributed by atoms with Gasteiger partial charge >= 0.3 is 0 Å². The van der Waals surface area contributed by atoms with Gasteiger partial charge in [-0.25, -0.2) is 0 Å². The monoisotopic (exact) mass is 207 g/mol. The number of aromatic nitrogens is 2. The lowest BCUT2D eigenvalue weighted by Crippen LogP contribution is -2.10. The molecule has 84 valence electrons. The van der Waals surface area contributed by atoms with E-state index in [1.54, 1.807) is 0 Å². The Hall–Kier alpha value is -0.830. The van der Waals surface area contributed by atoms with Gasteiger partial charge in [-0.05, 0) is 39.7 Å². The summed E-state index contributed by atoms with van der Waals surface area (Å²) >= 11 is 0. The molecule has 3 heteroatoms. The van der Waals surface area contributed by atoms with Crippen LogP contribution in [0.2, 0.25) is 0 Å². The highest BCUT2D eigenvalue weighted by Gasteiger charge is 2.29. The quantitative estimate of drug-likeness (QED) is 0.824. The average Bonchev–Trinajstić information content (AvgIpc) is 2.75. The van der Waals surface area contributed by atoms with Crippen molar-refractivity contribution in [1.82, 2.24) is 9.78 Å². The van der Waals surface area contributed by atoms with Gasteiger partial charge in [0.25, 0.3) is 0 Å². The van der Waals surface area contributed by atoms with Crippen LogP contribution in [0.25, 0.3) is 0 Å². The topological polar surface area (TPSA) is 43.8 Å².